The van der Waals surface area contributed by atoms with Crippen molar-refractivity contribution in [2.75, 3.05) is 25.2 Å². The summed E-state index contributed by atoms with van der Waals surface area (Å²) in [5.74, 6) is -1.91. The largest absolute Gasteiger partial charge is 0.454 e. The zero-order valence-electron chi connectivity index (χ0n) is 14.0. The van der Waals surface area contributed by atoms with Crippen LogP contribution in [0.15, 0.2) is 30.3 Å². The molecule has 1 atom stereocenters. The van der Waals surface area contributed by atoms with E-state index in [-0.39, 0.29) is 6.42 Å². The van der Waals surface area contributed by atoms with Gasteiger partial charge in [0.25, 0.3) is 11.8 Å². The molecule has 2 amide bonds. The summed E-state index contributed by atoms with van der Waals surface area (Å²) in [5.41, 5.74) is 0.345. The standard InChI is InChI=1S/C16H19F3N2O4S/c1-26-8-7-12(21-14(23)11-5-3-2-4-6-11)15(24)25-9-13(22)20-10-16(17,18)19/h2-6,12H,7-10H2,1H3,(H,20,22)(H,21,23). The molecule has 26 heavy (non-hydrogen) atoms. The van der Waals surface area contributed by atoms with E-state index in [9.17, 15) is 27.6 Å². The van der Waals surface area contributed by atoms with E-state index in [0.29, 0.717) is 11.3 Å². The highest BCUT2D eigenvalue weighted by molar-refractivity contribution is 7.98. The molecular formula is C16H19F3N2O4S. The van der Waals surface area contributed by atoms with Crippen LogP contribution in [0.25, 0.3) is 0 Å². The zero-order chi connectivity index (χ0) is 19.6. The number of alkyl halides is 3. The molecule has 0 spiro atoms. The Hall–Kier alpha value is -2.23. The SMILES string of the molecule is CSCCC(NC(=O)c1ccccc1)C(=O)OCC(=O)NCC(F)(F)F. The lowest BCUT2D eigenvalue weighted by molar-refractivity contribution is -0.152. The summed E-state index contributed by atoms with van der Waals surface area (Å²) in [7, 11) is 0. The molecule has 144 valence electrons. The van der Waals surface area contributed by atoms with Crippen LogP contribution in [-0.4, -0.2) is 55.2 Å². The maximum atomic E-state index is 12.1. The second kappa shape index (κ2) is 10.7. The first kappa shape index (κ1) is 21.8. The first-order valence-corrected chi connectivity index (χ1v) is 8.97. The van der Waals surface area contributed by atoms with Gasteiger partial charge in [-0.15, -0.1) is 0 Å². The predicted molar refractivity (Wildman–Crippen MR) is 90.7 cm³/mol. The lowest BCUT2D eigenvalue weighted by atomic mass is 10.1. The number of esters is 1. The summed E-state index contributed by atoms with van der Waals surface area (Å²) >= 11 is 1.44. The quantitative estimate of drug-likeness (QED) is 0.626. The van der Waals surface area contributed by atoms with E-state index >= 15 is 0 Å². The molecule has 0 aliphatic rings. The number of hydrogen-bond donors (Lipinski definition) is 2. The van der Waals surface area contributed by atoms with Crippen molar-refractivity contribution in [3.63, 3.8) is 0 Å². The number of carbonyl (C=O) groups excluding carboxylic acids is 3. The maximum absolute atomic E-state index is 12.1. The average molecular weight is 392 g/mol. The number of hydrogen-bond acceptors (Lipinski definition) is 5. The summed E-state index contributed by atoms with van der Waals surface area (Å²) in [6, 6.07) is 7.18. The summed E-state index contributed by atoms with van der Waals surface area (Å²) in [6.45, 7) is -2.37. The molecule has 2 N–H and O–H groups in total. The highest BCUT2D eigenvalue weighted by Crippen LogP contribution is 2.12. The summed E-state index contributed by atoms with van der Waals surface area (Å²) < 4.78 is 40.8. The van der Waals surface area contributed by atoms with Gasteiger partial charge in [-0.05, 0) is 30.6 Å². The number of rotatable bonds is 9. The lowest BCUT2D eigenvalue weighted by Gasteiger charge is -2.17. The molecule has 0 aliphatic carbocycles. The fourth-order valence-corrected chi connectivity index (χ4v) is 2.27. The molecule has 0 bridgehead atoms. The monoisotopic (exact) mass is 392 g/mol. The van der Waals surface area contributed by atoms with E-state index in [1.54, 1.807) is 35.6 Å². The molecule has 1 aromatic carbocycles. The molecule has 0 saturated carbocycles. The van der Waals surface area contributed by atoms with Gasteiger partial charge in [0.05, 0.1) is 0 Å². The third-order valence-electron chi connectivity index (χ3n) is 3.07. The molecular weight excluding hydrogens is 373 g/mol. The van der Waals surface area contributed by atoms with E-state index in [0.717, 1.165) is 0 Å². The Bertz CT molecular complexity index is 611. The number of benzene rings is 1. The van der Waals surface area contributed by atoms with Gasteiger partial charge in [-0.3, -0.25) is 9.59 Å². The Kier molecular flexibility index (Phi) is 8.97. The van der Waals surface area contributed by atoms with Crippen molar-refractivity contribution in [3.05, 3.63) is 35.9 Å². The molecule has 0 radical (unpaired) electrons. The Morgan fingerprint density at radius 2 is 1.85 bits per heavy atom. The van der Waals surface area contributed by atoms with E-state index in [4.69, 9.17) is 4.74 Å². The Balaban J connectivity index is 2.57. The molecule has 1 aromatic rings. The second-order valence-corrected chi connectivity index (χ2v) is 6.16. The van der Waals surface area contributed by atoms with Crippen LogP contribution >= 0.6 is 11.8 Å². The van der Waals surface area contributed by atoms with Crippen LogP contribution in [0.4, 0.5) is 13.2 Å². The minimum absolute atomic E-state index is 0.253. The van der Waals surface area contributed by atoms with Crippen molar-refractivity contribution in [1.29, 1.82) is 0 Å². The van der Waals surface area contributed by atoms with Crippen LogP contribution in [0.3, 0.4) is 0 Å². The molecule has 0 aromatic heterocycles. The van der Waals surface area contributed by atoms with Crippen LogP contribution in [-0.2, 0) is 14.3 Å². The normalized spacial score (nSPS) is 12.2. The summed E-state index contributed by atoms with van der Waals surface area (Å²) in [6.07, 6.45) is -2.49. The minimum atomic E-state index is -4.55. The third kappa shape index (κ3) is 8.75. The minimum Gasteiger partial charge on any atom is -0.454 e. The van der Waals surface area contributed by atoms with Crippen molar-refractivity contribution < 1.29 is 32.3 Å². The molecule has 0 fully saturated rings. The maximum Gasteiger partial charge on any atom is 0.405 e. The van der Waals surface area contributed by atoms with Crippen molar-refractivity contribution in [2.24, 2.45) is 0 Å². The van der Waals surface area contributed by atoms with Crippen LogP contribution in [0.5, 0.6) is 0 Å². The van der Waals surface area contributed by atoms with Crippen molar-refractivity contribution in [2.45, 2.75) is 18.6 Å². The Morgan fingerprint density at radius 1 is 1.19 bits per heavy atom. The van der Waals surface area contributed by atoms with Crippen LogP contribution < -0.4 is 10.6 Å². The number of ether oxygens (including phenoxy) is 1. The molecule has 1 rings (SSSR count). The van der Waals surface area contributed by atoms with E-state index in [1.165, 1.54) is 11.8 Å². The van der Waals surface area contributed by atoms with Gasteiger partial charge in [0.1, 0.15) is 12.6 Å². The van der Waals surface area contributed by atoms with Gasteiger partial charge in [-0.25, -0.2) is 4.79 Å². The third-order valence-corrected chi connectivity index (χ3v) is 3.71. The Labute approximate surface area is 152 Å². The number of halogens is 3. The first-order chi connectivity index (χ1) is 12.2. The molecule has 1 unspecified atom stereocenters. The molecule has 6 nitrogen and oxygen atoms in total. The van der Waals surface area contributed by atoms with Gasteiger partial charge < -0.3 is 15.4 Å². The average Bonchev–Trinajstić information content (AvgIpc) is 2.61. The molecule has 0 aliphatic heterocycles. The summed E-state index contributed by atoms with van der Waals surface area (Å²) in [4.78, 5) is 35.5. The summed E-state index contributed by atoms with van der Waals surface area (Å²) in [5, 5.41) is 4.10. The van der Waals surface area contributed by atoms with Crippen molar-refractivity contribution in [3.8, 4) is 0 Å². The van der Waals surface area contributed by atoms with Crippen molar-refractivity contribution >= 4 is 29.5 Å². The lowest BCUT2D eigenvalue weighted by Crippen LogP contribution is -2.44. The van der Waals surface area contributed by atoms with Gasteiger partial charge in [0, 0.05) is 5.56 Å². The van der Waals surface area contributed by atoms with E-state index < -0.39 is 43.2 Å². The molecule has 0 saturated heterocycles. The Morgan fingerprint density at radius 3 is 2.42 bits per heavy atom. The van der Waals surface area contributed by atoms with Crippen LogP contribution in [0.1, 0.15) is 16.8 Å². The zero-order valence-corrected chi connectivity index (χ0v) is 14.8. The fraction of sp³-hybridized carbons (Fsp3) is 0.438. The van der Waals surface area contributed by atoms with E-state index in [2.05, 4.69) is 5.32 Å². The number of nitrogens with one attached hydrogen (secondary N) is 2. The number of carbonyl (C=O) groups is 3. The van der Waals surface area contributed by atoms with Crippen LogP contribution in [0.2, 0.25) is 0 Å². The van der Waals surface area contributed by atoms with Gasteiger partial charge in [0.2, 0.25) is 0 Å². The molecule has 0 heterocycles. The van der Waals surface area contributed by atoms with Gasteiger partial charge >= 0.3 is 12.1 Å². The second-order valence-electron chi connectivity index (χ2n) is 5.17. The highest BCUT2D eigenvalue weighted by atomic mass is 32.2. The van der Waals surface area contributed by atoms with Gasteiger partial charge in [-0.1, -0.05) is 18.2 Å². The topological polar surface area (TPSA) is 84.5 Å². The number of thioether (sulfide) groups is 1. The van der Waals surface area contributed by atoms with Crippen molar-refractivity contribution in [1.82, 2.24) is 10.6 Å². The first-order valence-electron chi connectivity index (χ1n) is 7.58. The van der Waals surface area contributed by atoms with Gasteiger partial charge in [0.15, 0.2) is 6.61 Å². The fourth-order valence-electron chi connectivity index (χ4n) is 1.80. The smallest absolute Gasteiger partial charge is 0.405 e. The van der Waals surface area contributed by atoms with E-state index in [1.807, 2.05) is 6.26 Å². The molecule has 10 heteroatoms. The highest BCUT2D eigenvalue weighted by Gasteiger charge is 2.28. The number of amides is 2. The van der Waals surface area contributed by atoms with Gasteiger partial charge in [-0.2, -0.15) is 24.9 Å². The predicted octanol–water partition coefficient (Wildman–Crippen LogP) is 1.76. The van der Waals surface area contributed by atoms with Crippen LogP contribution in [0, 0.1) is 0 Å².